The first-order valence-corrected chi connectivity index (χ1v) is 10.0. The van der Waals surface area contributed by atoms with E-state index in [0.717, 1.165) is 33.1 Å². The van der Waals surface area contributed by atoms with Gasteiger partial charge in [0, 0.05) is 42.9 Å². The largest absolute Gasteiger partial charge is 0.383 e. The normalized spacial score (nSPS) is 15.7. The molecule has 154 valence electrons. The Balaban J connectivity index is 1.47. The minimum absolute atomic E-state index is 0.0921. The van der Waals surface area contributed by atoms with Gasteiger partial charge in [0.15, 0.2) is 0 Å². The third kappa shape index (κ3) is 3.26. The van der Waals surface area contributed by atoms with Gasteiger partial charge in [0.2, 0.25) is 5.91 Å². The van der Waals surface area contributed by atoms with Crippen LogP contribution in [0.2, 0.25) is 0 Å². The zero-order valence-electron chi connectivity index (χ0n) is 16.7. The van der Waals surface area contributed by atoms with E-state index in [1.54, 1.807) is 6.20 Å². The summed E-state index contributed by atoms with van der Waals surface area (Å²) >= 11 is 0. The van der Waals surface area contributed by atoms with E-state index in [1.165, 1.54) is 0 Å². The lowest BCUT2D eigenvalue weighted by Crippen LogP contribution is -2.41. The fraction of sp³-hybridized carbons (Fsp3) is 0.333. The van der Waals surface area contributed by atoms with Crippen LogP contribution in [0.5, 0.6) is 0 Å². The number of nitrogens with zero attached hydrogens (tertiary/aromatic N) is 5. The number of benzene rings is 1. The minimum atomic E-state index is -0.0921. The molecule has 4 aromatic rings. The molecule has 1 fully saturated rings. The van der Waals surface area contributed by atoms with Crippen molar-refractivity contribution in [2.45, 2.75) is 19.4 Å². The van der Waals surface area contributed by atoms with E-state index in [0.29, 0.717) is 38.5 Å². The molecule has 9 nitrogen and oxygen atoms in total. The number of anilines is 1. The molecule has 30 heavy (non-hydrogen) atoms. The molecule has 1 aliphatic rings. The molecule has 9 heteroatoms. The Kier molecular flexibility index (Phi) is 4.59. The molecule has 0 spiro atoms. The van der Waals surface area contributed by atoms with Crippen LogP contribution in [0.15, 0.2) is 36.7 Å². The highest BCUT2D eigenvalue weighted by molar-refractivity contribution is 6.08. The summed E-state index contributed by atoms with van der Waals surface area (Å²) in [6, 6.07) is 7.77. The highest BCUT2D eigenvalue weighted by Crippen LogP contribution is 2.30. The molecule has 1 amide bonds. The van der Waals surface area contributed by atoms with Crippen molar-refractivity contribution in [3.05, 3.63) is 36.7 Å². The van der Waals surface area contributed by atoms with Crippen LogP contribution in [0, 0.1) is 0 Å². The molecular formula is C21H23N7O2. The zero-order valence-corrected chi connectivity index (χ0v) is 16.7. The smallest absolute Gasteiger partial charge is 0.224 e. The van der Waals surface area contributed by atoms with Gasteiger partial charge in [-0.1, -0.05) is 6.07 Å². The summed E-state index contributed by atoms with van der Waals surface area (Å²) in [6.07, 6.45) is 4.05. The van der Waals surface area contributed by atoms with Crippen LogP contribution >= 0.6 is 0 Å². The van der Waals surface area contributed by atoms with Gasteiger partial charge in [-0.05, 0) is 25.1 Å². The number of aromatic amines is 1. The van der Waals surface area contributed by atoms with Gasteiger partial charge < -0.3 is 15.4 Å². The van der Waals surface area contributed by atoms with Crippen molar-refractivity contribution in [3.63, 3.8) is 0 Å². The maximum absolute atomic E-state index is 12.6. The number of nitrogens with one attached hydrogen (secondary N) is 1. The van der Waals surface area contributed by atoms with Crippen LogP contribution in [0.25, 0.3) is 33.1 Å². The van der Waals surface area contributed by atoms with Crippen molar-refractivity contribution in [2.24, 2.45) is 0 Å². The third-order valence-electron chi connectivity index (χ3n) is 5.58. The summed E-state index contributed by atoms with van der Waals surface area (Å²) in [5, 5.41) is 13.5. The Morgan fingerprint density at radius 1 is 1.27 bits per heavy atom. The first-order chi connectivity index (χ1) is 14.6. The topological polar surface area (TPSA) is 115 Å². The van der Waals surface area contributed by atoms with Crippen LogP contribution in [0.3, 0.4) is 0 Å². The fourth-order valence-corrected chi connectivity index (χ4v) is 3.89. The van der Waals surface area contributed by atoms with Crippen molar-refractivity contribution in [1.82, 2.24) is 29.9 Å². The number of hydrogen-bond acceptors (Lipinski definition) is 6. The van der Waals surface area contributed by atoms with Crippen LogP contribution in [0.4, 0.5) is 5.82 Å². The van der Waals surface area contributed by atoms with Gasteiger partial charge in [0.1, 0.15) is 11.3 Å². The van der Waals surface area contributed by atoms with Gasteiger partial charge in [-0.2, -0.15) is 10.2 Å². The number of H-pyrrole nitrogens is 1. The maximum Gasteiger partial charge on any atom is 0.224 e. The zero-order chi connectivity index (χ0) is 20.7. The molecular weight excluding hydrogens is 382 g/mol. The van der Waals surface area contributed by atoms with Gasteiger partial charge in [0.05, 0.1) is 35.9 Å². The second kappa shape index (κ2) is 7.42. The molecule has 1 atom stereocenters. The molecule has 0 bridgehead atoms. The molecule has 1 unspecified atom stereocenters. The van der Waals surface area contributed by atoms with Gasteiger partial charge in [-0.25, -0.2) is 4.98 Å². The number of pyridine rings is 1. The van der Waals surface area contributed by atoms with E-state index < -0.39 is 0 Å². The molecule has 0 aliphatic carbocycles. The lowest BCUT2D eigenvalue weighted by Gasteiger charge is -2.27. The predicted molar refractivity (Wildman–Crippen MR) is 114 cm³/mol. The number of amides is 1. The second-order valence-electron chi connectivity index (χ2n) is 7.61. The van der Waals surface area contributed by atoms with Crippen LogP contribution in [-0.4, -0.2) is 62.1 Å². The Morgan fingerprint density at radius 2 is 2.10 bits per heavy atom. The van der Waals surface area contributed by atoms with Gasteiger partial charge >= 0.3 is 0 Å². The molecule has 1 aliphatic heterocycles. The lowest BCUT2D eigenvalue weighted by atomic mass is 10.1. The lowest BCUT2D eigenvalue weighted by molar-refractivity contribution is -0.136. The van der Waals surface area contributed by atoms with E-state index >= 15 is 0 Å². The average molecular weight is 405 g/mol. The van der Waals surface area contributed by atoms with Gasteiger partial charge in [-0.15, -0.1) is 0 Å². The quantitative estimate of drug-likeness (QED) is 0.539. The van der Waals surface area contributed by atoms with E-state index in [2.05, 4.69) is 15.2 Å². The van der Waals surface area contributed by atoms with Crippen molar-refractivity contribution < 1.29 is 9.53 Å². The number of nitrogen functional groups attached to an aromatic ring is 1. The fourth-order valence-electron chi connectivity index (χ4n) is 3.89. The van der Waals surface area contributed by atoms with E-state index in [4.69, 9.17) is 15.6 Å². The Labute approximate surface area is 172 Å². The molecule has 1 aromatic carbocycles. The van der Waals surface area contributed by atoms with E-state index in [1.807, 2.05) is 47.0 Å². The summed E-state index contributed by atoms with van der Waals surface area (Å²) in [5.41, 5.74) is 9.61. The molecule has 1 saturated heterocycles. The number of ether oxygens (including phenoxy) is 1. The summed E-state index contributed by atoms with van der Waals surface area (Å²) in [7, 11) is 0. The highest BCUT2D eigenvalue weighted by Gasteiger charge is 2.21. The van der Waals surface area contributed by atoms with Crippen molar-refractivity contribution in [3.8, 4) is 11.3 Å². The maximum atomic E-state index is 12.6. The number of fused-ring (bicyclic) bond motifs is 3. The number of aromatic nitrogens is 5. The molecule has 3 N–H and O–H groups in total. The van der Waals surface area contributed by atoms with E-state index in [9.17, 15) is 4.79 Å². The number of carbonyl (C=O) groups is 1. The molecule has 0 saturated carbocycles. The summed E-state index contributed by atoms with van der Waals surface area (Å²) in [4.78, 5) is 19.0. The average Bonchev–Trinajstić information content (AvgIpc) is 3.45. The number of morpholine rings is 1. The number of rotatable bonds is 4. The third-order valence-corrected chi connectivity index (χ3v) is 5.58. The van der Waals surface area contributed by atoms with Crippen molar-refractivity contribution in [1.29, 1.82) is 0 Å². The predicted octanol–water partition coefficient (Wildman–Crippen LogP) is 2.37. The number of hydrogen-bond donors (Lipinski definition) is 2. The number of nitrogens with two attached hydrogens (primary N) is 1. The SMILES string of the molecule is CC(CC(=O)N1CCOCC1)n1cc2c(N)nc3cc(-c4cc[nH]n4)ccc3c2n1. The molecule has 0 radical (unpaired) electrons. The Morgan fingerprint density at radius 3 is 2.87 bits per heavy atom. The highest BCUT2D eigenvalue weighted by atomic mass is 16.5. The standard InChI is InChI=1S/C21H23N7O2/c1-13(10-19(29)27-6-8-30-9-7-27)28-12-16-20(26-28)15-3-2-14(17-4-5-23-25-17)11-18(15)24-21(16)22/h2-5,11-13H,6-10H2,1H3,(H2,22,24)(H,23,25). The van der Waals surface area contributed by atoms with Crippen LogP contribution < -0.4 is 5.73 Å². The first-order valence-electron chi connectivity index (χ1n) is 10.0. The van der Waals surface area contributed by atoms with Crippen LogP contribution in [0.1, 0.15) is 19.4 Å². The molecule has 4 heterocycles. The van der Waals surface area contributed by atoms with Gasteiger partial charge in [-0.3, -0.25) is 14.6 Å². The summed E-state index contributed by atoms with van der Waals surface area (Å²) in [5.74, 6) is 0.541. The minimum Gasteiger partial charge on any atom is -0.383 e. The molecule has 3 aromatic heterocycles. The summed E-state index contributed by atoms with van der Waals surface area (Å²) < 4.78 is 7.15. The first kappa shape index (κ1) is 18.6. The van der Waals surface area contributed by atoms with Crippen LogP contribution in [-0.2, 0) is 9.53 Å². The Bertz CT molecular complexity index is 1210. The second-order valence-corrected chi connectivity index (χ2v) is 7.61. The number of carbonyl (C=O) groups excluding carboxylic acids is 1. The van der Waals surface area contributed by atoms with Crippen molar-refractivity contribution >= 4 is 33.5 Å². The molecule has 5 rings (SSSR count). The van der Waals surface area contributed by atoms with Crippen molar-refractivity contribution in [2.75, 3.05) is 32.0 Å². The Hall–Kier alpha value is -3.46. The monoisotopic (exact) mass is 405 g/mol. The summed E-state index contributed by atoms with van der Waals surface area (Å²) in [6.45, 7) is 4.48. The van der Waals surface area contributed by atoms with Gasteiger partial charge in [0.25, 0.3) is 0 Å². The van der Waals surface area contributed by atoms with E-state index in [-0.39, 0.29) is 11.9 Å².